The van der Waals surface area contributed by atoms with Crippen LogP contribution in [0.2, 0.25) is 0 Å². The van der Waals surface area contributed by atoms with E-state index in [4.69, 9.17) is 19.9 Å². The number of benzene rings is 2. The van der Waals surface area contributed by atoms with Crippen LogP contribution in [-0.2, 0) is 13.0 Å². The minimum atomic E-state index is -0.508. The van der Waals surface area contributed by atoms with Gasteiger partial charge in [0, 0.05) is 18.5 Å². The van der Waals surface area contributed by atoms with Gasteiger partial charge in [-0.1, -0.05) is 37.6 Å². The molecule has 0 radical (unpaired) electrons. The van der Waals surface area contributed by atoms with Gasteiger partial charge in [-0.15, -0.1) is 0 Å². The van der Waals surface area contributed by atoms with E-state index in [1.54, 1.807) is 14.2 Å². The fraction of sp³-hybridized carbons (Fsp3) is 0.320. The summed E-state index contributed by atoms with van der Waals surface area (Å²) < 4.78 is 16.3. The van der Waals surface area contributed by atoms with E-state index in [0.717, 1.165) is 35.5 Å². The molecule has 0 unspecified atom stereocenters. The van der Waals surface area contributed by atoms with Crippen LogP contribution in [0.4, 0.5) is 17.2 Å². The molecule has 0 aliphatic rings. The second kappa shape index (κ2) is 11.7. The number of nitrogens with zero attached hydrogens (tertiary/aromatic N) is 2. The number of aromatic nitrogens is 1. The van der Waals surface area contributed by atoms with Gasteiger partial charge in [0.25, 0.3) is 0 Å². The molecule has 3 N–H and O–H groups in total. The highest BCUT2D eigenvalue weighted by Gasteiger charge is 2.27. The molecule has 0 fully saturated rings. The molecule has 2 aromatic carbocycles. The smallest absolute Gasteiger partial charge is 0.334 e. The Kier molecular flexibility index (Phi) is 8.50. The number of ether oxygens (including phenoxy) is 3. The monoisotopic (exact) mass is 466 g/mol. The molecule has 9 heteroatoms. The number of hydrogen-bond acceptors (Lipinski definition) is 8. The Bertz CT molecular complexity index is 1100. The Morgan fingerprint density at radius 3 is 2.12 bits per heavy atom. The maximum Gasteiger partial charge on any atom is 0.334 e. The number of pyridine rings is 1. The second-order valence-electron chi connectivity index (χ2n) is 7.69. The lowest BCUT2D eigenvalue weighted by Gasteiger charge is -2.16. The van der Waals surface area contributed by atoms with Crippen LogP contribution in [0.3, 0.4) is 0 Å². The lowest BCUT2D eigenvalue weighted by molar-refractivity contribution is -0.383. The molecule has 0 saturated heterocycles. The van der Waals surface area contributed by atoms with Gasteiger partial charge in [-0.25, -0.2) is 0 Å². The molecule has 34 heavy (non-hydrogen) atoms. The summed E-state index contributed by atoms with van der Waals surface area (Å²) >= 11 is 0. The lowest BCUT2D eigenvalue weighted by Crippen LogP contribution is -2.12. The quantitative estimate of drug-likeness (QED) is 0.218. The van der Waals surface area contributed by atoms with Gasteiger partial charge in [-0.05, 0) is 41.8 Å². The number of methoxy groups -OCH3 is 2. The number of nitrogen functional groups attached to an aromatic ring is 1. The summed E-state index contributed by atoms with van der Waals surface area (Å²) in [7, 11) is 3.19. The summed E-state index contributed by atoms with van der Waals surface area (Å²) in [6.07, 6.45) is 2.11. The number of hydrogen-bond donors (Lipinski definition) is 2. The molecule has 3 aromatic rings. The summed E-state index contributed by atoms with van der Waals surface area (Å²) in [5, 5.41) is 15.0. The first kappa shape index (κ1) is 24.6. The molecule has 1 aromatic heterocycles. The van der Waals surface area contributed by atoms with Crippen LogP contribution in [0.15, 0.2) is 48.5 Å². The second-order valence-corrected chi connectivity index (χ2v) is 7.69. The van der Waals surface area contributed by atoms with E-state index < -0.39 is 4.92 Å². The third-order valence-electron chi connectivity index (χ3n) is 5.35. The van der Waals surface area contributed by atoms with E-state index >= 15 is 0 Å². The molecule has 0 aliphatic carbocycles. The predicted octanol–water partition coefficient (Wildman–Crippen LogP) is 4.97. The minimum absolute atomic E-state index is 0.0412. The molecule has 3 rings (SSSR count). The van der Waals surface area contributed by atoms with Crippen LogP contribution >= 0.6 is 0 Å². The van der Waals surface area contributed by atoms with Crippen LogP contribution in [0, 0.1) is 10.1 Å². The van der Waals surface area contributed by atoms with Crippen molar-refractivity contribution in [3.8, 4) is 17.4 Å². The largest absolute Gasteiger partial charge is 0.497 e. The van der Waals surface area contributed by atoms with Gasteiger partial charge in [0.05, 0.1) is 25.7 Å². The molecule has 180 valence electrons. The molecular formula is C25H30N4O5. The zero-order valence-electron chi connectivity index (χ0n) is 19.7. The van der Waals surface area contributed by atoms with Crippen molar-refractivity contribution < 1.29 is 19.1 Å². The number of rotatable bonds is 12. The molecule has 0 bridgehead atoms. The first-order chi connectivity index (χ1) is 16.5. The Morgan fingerprint density at radius 1 is 1.00 bits per heavy atom. The fourth-order valence-corrected chi connectivity index (χ4v) is 3.40. The zero-order valence-corrected chi connectivity index (χ0v) is 19.7. The van der Waals surface area contributed by atoms with E-state index in [2.05, 4.69) is 17.2 Å². The maximum atomic E-state index is 12.0. The molecule has 0 spiro atoms. The number of nitrogens with two attached hydrogens (primary N) is 1. The molecule has 0 saturated carbocycles. The number of nitrogens with one attached hydrogen (secondary N) is 1. The first-order valence-electron chi connectivity index (χ1n) is 11.1. The van der Waals surface area contributed by atoms with Gasteiger partial charge in [0.15, 0.2) is 0 Å². The topological polar surface area (TPSA) is 122 Å². The summed E-state index contributed by atoms with van der Waals surface area (Å²) in [6, 6.07) is 14.8. The van der Waals surface area contributed by atoms with E-state index in [0.29, 0.717) is 31.0 Å². The predicted molar refractivity (Wildman–Crippen MR) is 132 cm³/mol. The van der Waals surface area contributed by atoms with Crippen molar-refractivity contribution in [2.24, 2.45) is 0 Å². The summed E-state index contributed by atoms with van der Waals surface area (Å²) in [6.45, 7) is 2.82. The first-order valence-corrected chi connectivity index (χ1v) is 11.1. The van der Waals surface area contributed by atoms with Crippen molar-refractivity contribution in [3.63, 3.8) is 0 Å². The van der Waals surface area contributed by atoms with Crippen LogP contribution in [0.5, 0.6) is 17.4 Å². The standard InChI is InChI=1S/C25H30N4O5/c1-4-5-14-34-25-21(15-17-6-10-19(32-2)11-7-17)22(26)23(29(30)31)24(28-25)27-16-18-8-12-20(33-3)13-9-18/h6-13H,4-5,14-16H2,1-3H3,(H3,26,27,28). The van der Waals surface area contributed by atoms with E-state index in [1.165, 1.54) is 0 Å². The van der Waals surface area contributed by atoms with E-state index in [1.807, 2.05) is 48.5 Å². The van der Waals surface area contributed by atoms with Gasteiger partial charge in [-0.2, -0.15) is 4.98 Å². The van der Waals surface area contributed by atoms with Crippen molar-refractivity contribution in [2.75, 3.05) is 31.9 Å². The van der Waals surface area contributed by atoms with E-state index in [-0.39, 0.29) is 17.2 Å². The summed E-state index contributed by atoms with van der Waals surface area (Å²) in [5.74, 6) is 1.82. The van der Waals surface area contributed by atoms with Crippen molar-refractivity contribution in [1.82, 2.24) is 4.98 Å². The van der Waals surface area contributed by atoms with Gasteiger partial charge < -0.3 is 25.3 Å². The third-order valence-corrected chi connectivity index (χ3v) is 5.35. The Labute approximate surface area is 199 Å². The average Bonchev–Trinajstić information content (AvgIpc) is 2.85. The molecule has 0 atom stereocenters. The normalized spacial score (nSPS) is 10.6. The van der Waals surface area contributed by atoms with Crippen LogP contribution in [0.1, 0.15) is 36.5 Å². The van der Waals surface area contributed by atoms with Gasteiger partial charge in [0.1, 0.15) is 17.2 Å². The van der Waals surface area contributed by atoms with Gasteiger partial charge in [0.2, 0.25) is 11.7 Å². The molecular weight excluding hydrogens is 436 g/mol. The van der Waals surface area contributed by atoms with Gasteiger partial charge >= 0.3 is 5.69 Å². The van der Waals surface area contributed by atoms with Crippen LogP contribution in [0.25, 0.3) is 0 Å². The molecule has 9 nitrogen and oxygen atoms in total. The Hall–Kier alpha value is -4.01. The third kappa shape index (κ3) is 6.06. The fourth-order valence-electron chi connectivity index (χ4n) is 3.40. The van der Waals surface area contributed by atoms with Gasteiger partial charge in [-0.3, -0.25) is 10.1 Å². The summed E-state index contributed by atoms with van der Waals surface area (Å²) in [4.78, 5) is 16.0. The number of unbranched alkanes of at least 4 members (excludes halogenated alkanes) is 1. The van der Waals surface area contributed by atoms with Crippen molar-refractivity contribution in [3.05, 3.63) is 75.3 Å². The van der Waals surface area contributed by atoms with Crippen molar-refractivity contribution in [2.45, 2.75) is 32.7 Å². The highest BCUT2D eigenvalue weighted by molar-refractivity contribution is 5.77. The van der Waals surface area contributed by atoms with Crippen LogP contribution < -0.4 is 25.3 Å². The molecule has 1 heterocycles. The number of nitro groups is 1. The lowest BCUT2D eigenvalue weighted by atomic mass is 10.0. The van der Waals surface area contributed by atoms with E-state index in [9.17, 15) is 10.1 Å². The van der Waals surface area contributed by atoms with Crippen molar-refractivity contribution in [1.29, 1.82) is 0 Å². The zero-order chi connectivity index (χ0) is 24.5. The highest BCUT2D eigenvalue weighted by atomic mass is 16.6. The van der Waals surface area contributed by atoms with Crippen molar-refractivity contribution >= 4 is 17.2 Å². The van der Waals surface area contributed by atoms with Crippen LogP contribution in [-0.4, -0.2) is 30.7 Å². The molecule has 0 aliphatic heterocycles. The number of anilines is 2. The minimum Gasteiger partial charge on any atom is -0.497 e. The Balaban J connectivity index is 1.96. The Morgan fingerprint density at radius 2 is 1.59 bits per heavy atom. The average molecular weight is 467 g/mol. The molecule has 0 amide bonds. The SMILES string of the molecule is CCCCOc1nc(NCc2ccc(OC)cc2)c([N+](=O)[O-])c(N)c1Cc1ccc(OC)cc1. The maximum absolute atomic E-state index is 12.0. The summed E-state index contributed by atoms with van der Waals surface area (Å²) in [5.41, 5.74) is 8.44. The highest BCUT2D eigenvalue weighted by Crippen LogP contribution is 2.39.